The molecule has 1 aromatic heterocycles. The number of carbonyl (C=O) groups is 1. The van der Waals surface area contributed by atoms with Gasteiger partial charge in [-0.2, -0.15) is 0 Å². The second-order valence-corrected chi connectivity index (χ2v) is 4.23. The molecule has 1 heterocycles. The molecule has 0 aliphatic rings. The van der Waals surface area contributed by atoms with Gasteiger partial charge in [-0.25, -0.2) is 4.79 Å². The van der Waals surface area contributed by atoms with Crippen molar-refractivity contribution in [1.82, 2.24) is 9.88 Å². The van der Waals surface area contributed by atoms with Gasteiger partial charge < -0.3 is 16.0 Å². The molecule has 0 aliphatic heterocycles. The van der Waals surface area contributed by atoms with Gasteiger partial charge in [0, 0.05) is 24.6 Å². The smallest absolute Gasteiger partial charge is 0.321 e. The summed E-state index contributed by atoms with van der Waals surface area (Å²) in [6.07, 6.45) is 1.71. The highest BCUT2D eigenvalue weighted by atomic mass is 16.2. The van der Waals surface area contributed by atoms with E-state index in [0.29, 0.717) is 17.9 Å². The van der Waals surface area contributed by atoms with Gasteiger partial charge in [-0.05, 0) is 30.3 Å². The normalized spacial score (nSPS) is 9.95. The minimum Gasteiger partial charge on any atom is -0.399 e. The van der Waals surface area contributed by atoms with E-state index in [1.165, 1.54) is 0 Å². The minimum absolute atomic E-state index is 0.198. The van der Waals surface area contributed by atoms with Crippen LogP contribution in [0, 0.1) is 0 Å². The van der Waals surface area contributed by atoms with Crippen molar-refractivity contribution in [2.45, 2.75) is 6.54 Å². The van der Waals surface area contributed by atoms with Crippen LogP contribution in [0.3, 0.4) is 0 Å². The zero-order chi connectivity index (χ0) is 13.7. The number of nitrogens with two attached hydrogens (primary N) is 1. The van der Waals surface area contributed by atoms with Crippen LogP contribution in [-0.4, -0.2) is 23.0 Å². The topological polar surface area (TPSA) is 71.2 Å². The fraction of sp³-hybridized carbons (Fsp3) is 0.143. The number of rotatable bonds is 3. The average Bonchev–Trinajstić information content (AvgIpc) is 2.40. The summed E-state index contributed by atoms with van der Waals surface area (Å²) in [5.74, 6) is 0. The summed E-state index contributed by atoms with van der Waals surface area (Å²) >= 11 is 0. The fourth-order valence-corrected chi connectivity index (χ4v) is 1.64. The summed E-state index contributed by atoms with van der Waals surface area (Å²) in [5.41, 5.74) is 7.79. The Morgan fingerprint density at radius 2 is 2.16 bits per heavy atom. The molecule has 0 spiro atoms. The van der Waals surface area contributed by atoms with E-state index in [-0.39, 0.29) is 6.03 Å². The number of anilines is 2. The van der Waals surface area contributed by atoms with Gasteiger partial charge in [-0.15, -0.1) is 0 Å². The molecule has 5 nitrogen and oxygen atoms in total. The summed E-state index contributed by atoms with van der Waals surface area (Å²) in [5, 5.41) is 2.78. The average molecular weight is 256 g/mol. The van der Waals surface area contributed by atoms with E-state index in [9.17, 15) is 4.79 Å². The predicted octanol–water partition coefficient (Wildman–Crippen LogP) is 2.33. The van der Waals surface area contributed by atoms with Crippen molar-refractivity contribution >= 4 is 17.4 Å². The second-order valence-electron chi connectivity index (χ2n) is 4.23. The van der Waals surface area contributed by atoms with Crippen molar-refractivity contribution < 1.29 is 4.79 Å². The first-order valence-corrected chi connectivity index (χ1v) is 5.93. The van der Waals surface area contributed by atoms with E-state index in [2.05, 4.69) is 10.3 Å². The number of nitrogens with zero attached hydrogens (tertiary/aromatic N) is 2. The second kappa shape index (κ2) is 5.86. The summed E-state index contributed by atoms with van der Waals surface area (Å²) in [6.45, 7) is 0.453. The number of nitrogen functional groups attached to an aromatic ring is 1. The van der Waals surface area contributed by atoms with Crippen molar-refractivity contribution in [3.63, 3.8) is 0 Å². The third-order valence-electron chi connectivity index (χ3n) is 2.61. The molecule has 0 bridgehead atoms. The van der Waals surface area contributed by atoms with Crippen LogP contribution in [0.4, 0.5) is 16.2 Å². The van der Waals surface area contributed by atoms with Crippen molar-refractivity contribution in [2.75, 3.05) is 18.1 Å². The summed E-state index contributed by atoms with van der Waals surface area (Å²) in [7, 11) is 1.72. The molecule has 0 fully saturated rings. The molecule has 98 valence electrons. The quantitative estimate of drug-likeness (QED) is 0.828. The molecule has 0 atom stereocenters. The van der Waals surface area contributed by atoms with Crippen molar-refractivity contribution in [2.24, 2.45) is 0 Å². The lowest BCUT2D eigenvalue weighted by molar-refractivity contribution is 0.220. The first kappa shape index (κ1) is 12.9. The van der Waals surface area contributed by atoms with E-state index in [1.54, 1.807) is 42.4 Å². The molecule has 2 aromatic rings. The Kier molecular flexibility index (Phi) is 3.97. The fourth-order valence-electron chi connectivity index (χ4n) is 1.64. The maximum absolute atomic E-state index is 12.0. The van der Waals surface area contributed by atoms with Crippen molar-refractivity contribution in [3.05, 3.63) is 54.4 Å². The Morgan fingerprint density at radius 1 is 1.32 bits per heavy atom. The maximum atomic E-state index is 12.0. The third kappa shape index (κ3) is 3.70. The lowest BCUT2D eigenvalue weighted by atomic mass is 10.3. The van der Waals surface area contributed by atoms with Gasteiger partial charge in [0.05, 0.1) is 12.2 Å². The van der Waals surface area contributed by atoms with Gasteiger partial charge in [0.25, 0.3) is 0 Å². The summed E-state index contributed by atoms with van der Waals surface area (Å²) in [4.78, 5) is 17.7. The van der Waals surface area contributed by atoms with Crippen LogP contribution in [0.5, 0.6) is 0 Å². The monoisotopic (exact) mass is 256 g/mol. The van der Waals surface area contributed by atoms with Crippen LogP contribution in [0.2, 0.25) is 0 Å². The number of urea groups is 1. The van der Waals surface area contributed by atoms with E-state index in [1.807, 2.05) is 18.2 Å². The Morgan fingerprint density at radius 3 is 2.84 bits per heavy atom. The highest BCUT2D eigenvalue weighted by molar-refractivity contribution is 5.89. The number of pyridine rings is 1. The van der Waals surface area contributed by atoms with Gasteiger partial charge in [0.2, 0.25) is 0 Å². The van der Waals surface area contributed by atoms with Crippen molar-refractivity contribution in [1.29, 1.82) is 0 Å². The van der Waals surface area contributed by atoms with Crippen LogP contribution in [0.25, 0.3) is 0 Å². The molecule has 0 saturated carbocycles. The molecular formula is C14H16N4O. The van der Waals surface area contributed by atoms with Crippen LogP contribution in [0.15, 0.2) is 48.7 Å². The summed E-state index contributed by atoms with van der Waals surface area (Å²) < 4.78 is 0. The first-order valence-electron chi connectivity index (χ1n) is 5.93. The lowest BCUT2D eigenvalue weighted by Crippen LogP contribution is -2.31. The molecule has 19 heavy (non-hydrogen) atoms. The molecule has 5 heteroatoms. The standard InChI is InChI=1S/C14H16N4O/c1-18(10-13-6-2-3-8-16-13)14(19)17-12-7-4-5-11(15)9-12/h2-9H,10,15H2,1H3,(H,17,19). The van der Waals surface area contributed by atoms with Crippen molar-refractivity contribution in [3.8, 4) is 0 Å². The number of hydrogen-bond acceptors (Lipinski definition) is 3. The number of benzene rings is 1. The lowest BCUT2D eigenvalue weighted by Gasteiger charge is -2.17. The number of amides is 2. The molecule has 2 amide bonds. The number of nitrogens with one attached hydrogen (secondary N) is 1. The molecule has 0 aliphatic carbocycles. The molecule has 2 rings (SSSR count). The van der Waals surface area contributed by atoms with Gasteiger partial charge >= 0.3 is 6.03 Å². The molecule has 0 saturated heterocycles. The van der Waals surface area contributed by atoms with E-state index in [0.717, 1.165) is 5.69 Å². The molecule has 1 aromatic carbocycles. The Hall–Kier alpha value is -2.56. The van der Waals surface area contributed by atoms with Crippen LogP contribution in [-0.2, 0) is 6.54 Å². The molecule has 3 N–H and O–H groups in total. The largest absolute Gasteiger partial charge is 0.399 e. The van der Waals surface area contributed by atoms with E-state index in [4.69, 9.17) is 5.73 Å². The van der Waals surface area contributed by atoms with Crippen LogP contribution >= 0.6 is 0 Å². The molecular weight excluding hydrogens is 240 g/mol. The highest BCUT2D eigenvalue weighted by Crippen LogP contribution is 2.12. The predicted molar refractivity (Wildman–Crippen MR) is 75.6 cm³/mol. The minimum atomic E-state index is -0.198. The zero-order valence-electron chi connectivity index (χ0n) is 10.7. The van der Waals surface area contributed by atoms with Gasteiger partial charge in [0.1, 0.15) is 0 Å². The number of aromatic nitrogens is 1. The Labute approximate surface area is 112 Å². The SMILES string of the molecule is CN(Cc1ccccn1)C(=O)Nc1cccc(N)c1. The van der Waals surface area contributed by atoms with Gasteiger partial charge in [-0.3, -0.25) is 4.98 Å². The number of hydrogen-bond donors (Lipinski definition) is 2. The molecule has 0 radical (unpaired) electrons. The van der Waals surface area contributed by atoms with E-state index >= 15 is 0 Å². The van der Waals surface area contributed by atoms with Crippen LogP contribution < -0.4 is 11.1 Å². The third-order valence-corrected chi connectivity index (χ3v) is 2.61. The van der Waals surface area contributed by atoms with Crippen LogP contribution in [0.1, 0.15) is 5.69 Å². The first-order chi connectivity index (χ1) is 9.15. The Balaban J connectivity index is 1.96. The maximum Gasteiger partial charge on any atom is 0.321 e. The Bertz CT molecular complexity index is 556. The highest BCUT2D eigenvalue weighted by Gasteiger charge is 2.09. The number of carbonyl (C=O) groups excluding carboxylic acids is 1. The van der Waals surface area contributed by atoms with E-state index < -0.39 is 0 Å². The molecule has 0 unspecified atom stereocenters. The van der Waals surface area contributed by atoms with Gasteiger partial charge in [0.15, 0.2) is 0 Å². The summed E-state index contributed by atoms with van der Waals surface area (Å²) in [6, 6.07) is 12.5. The van der Waals surface area contributed by atoms with Gasteiger partial charge in [-0.1, -0.05) is 12.1 Å². The zero-order valence-corrected chi connectivity index (χ0v) is 10.7.